The SMILES string of the molecule is CN1CCC(c2ccc3nc(-c4cnc5cccc(F)c5c4N)[nH]c3c2)CC1. The normalized spacial score (nSPS) is 16.2. The zero-order chi connectivity index (χ0) is 19.3. The number of nitrogens with one attached hydrogen (secondary N) is 1. The van der Waals surface area contributed by atoms with E-state index in [2.05, 4.69) is 39.0 Å². The summed E-state index contributed by atoms with van der Waals surface area (Å²) in [6.07, 6.45) is 4.00. The number of nitrogens with zero attached hydrogens (tertiary/aromatic N) is 3. The Hall–Kier alpha value is -2.99. The molecule has 0 amide bonds. The Kier molecular flexibility index (Phi) is 4.02. The molecule has 0 atom stereocenters. The molecule has 0 saturated carbocycles. The van der Waals surface area contributed by atoms with E-state index >= 15 is 0 Å². The molecule has 4 aromatic rings. The highest BCUT2D eigenvalue weighted by atomic mass is 19.1. The maximum Gasteiger partial charge on any atom is 0.142 e. The highest BCUT2D eigenvalue weighted by Crippen LogP contribution is 2.34. The number of piperidine rings is 1. The topological polar surface area (TPSA) is 70.8 Å². The molecule has 1 saturated heterocycles. The smallest absolute Gasteiger partial charge is 0.142 e. The van der Waals surface area contributed by atoms with Crippen LogP contribution in [0.3, 0.4) is 0 Å². The number of nitrogens with two attached hydrogens (primary N) is 1. The fraction of sp³-hybridized carbons (Fsp3) is 0.273. The van der Waals surface area contributed by atoms with Gasteiger partial charge >= 0.3 is 0 Å². The van der Waals surface area contributed by atoms with Crippen LogP contribution >= 0.6 is 0 Å². The first-order valence-corrected chi connectivity index (χ1v) is 9.61. The number of imidazole rings is 1. The summed E-state index contributed by atoms with van der Waals surface area (Å²) in [5.74, 6) is 0.824. The van der Waals surface area contributed by atoms with Crippen LogP contribution < -0.4 is 5.73 Å². The lowest BCUT2D eigenvalue weighted by Crippen LogP contribution is -2.29. The number of nitrogen functional groups attached to an aromatic ring is 1. The van der Waals surface area contributed by atoms with E-state index in [9.17, 15) is 4.39 Å². The van der Waals surface area contributed by atoms with E-state index in [1.54, 1.807) is 18.3 Å². The molecule has 0 unspecified atom stereocenters. The number of anilines is 1. The van der Waals surface area contributed by atoms with Gasteiger partial charge in [-0.05, 0) is 68.7 Å². The predicted octanol–water partition coefficient (Wildman–Crippen LogP) is 4.31. The third-order valence-electron chi connectivity index (χ3n) is 5.83. The molecule has 2 aromatic heterocycles. The molecular weight excluding hydrogens is 353 g/mol. The Morgan fingerprint density at radius 3 is 2.79 bits per heavy atom. The number of fused-ring (bicyclic) bond motifs is 2. The van der Waals surface area contributed by atoms with E-state index in [1.807, 2.05) is 6.07 Å². The summed E-state index contributed by atoms with van der Waals surface area (Å²) < 4.78 is 14.3. The molecule has 5 nitrogen and oxygen atoms in total. The van der Waals surface area contributed by atoms with E-state index < -0.39 is 0 Å². The van der Waals surface area contributed by atoms with Crippen molar-refractivity contribution in [2.75, 3.05) is 25.9 Å². The Bertz CT molecular complexity index is 1170. The molecule has 0 radical (unpaired) electrons. The van der Waals surface area contributed by atoms with E-state index in [0.29, 0.717) is 33.9 Å². The Morgan fingerprint density at radius 2 is 1.96 bits per heavy atom. The second kappa shape index (κ2) is 6.56. The lowest BCUT2D eigenvalue weighted by atomic mass is 9.89. The van der Waals surface area contributed by atoms with E-state index in [4.69, 9.17) is 5.73 Å². The van der Waals surface area contributed by atoms with Gasteiger partial charge in [0.15, 0.2) is 0 Å². The second-order valence-corrected chi connectivity index (χ2v) is 7.66. The number of aromatic amines is 1. The van der Waals surface area contributed by atoms with Gasteiger partial charge in [-0.1, -0.05) is 12.1 Å². The number of rotatable bonds is 2. The van der Waals surface area contributed by atoms with Gasteiger partial charge in [0.25, 0.3) is 0 Å². The molecule has 0 bridgehead atoms. The molecule has 28 heavy (non-hydrogen) atoms. The fourth-order valence-corrected chi connectivity index (χ4v) is 4.16. The molecule has 1 aliphatic heterocycles. The van der Waals surface area contributed by atoms with E-state index in [-0.39, 0.29) is 5.82 Å². The van der Waals surface area contributed by atoms with Crippen LogP contribution in [0.4, 0.5) is 10.1 Å². The second-order valence-electron chi connectivity index (χ2n) is 7.66. The van der Waals surface area contributed by atoms with E-state index in [0.717, 1.165) is 24.1 Å². The van der Waals surface area contributed by atoms with Crippen molar-refractivity contribution < 1.29 is 4.39 Å². The van der Waals surface area contributed by atoms with Gasteiger partial charge in [0.1, 0.15) is 11.6 Å². The van der Waals surface area contributed by atoms with Crippen LogP contribution in [0.15, 0.2) is 42.6 Å². The number of pyridine rings is 1. The van der Waals surface area contributed by atoms with Crippen LogP contribution in [0.25, 0.3) is 33.3 Å². The molecule has 3 heterocycles. The van der Waals surface area contributed by atoms with Crippen molar-refractivity contribution in [2.24, 2.45) is 0 Å². The van der Waals surface area contributed by atoms with Crippen molar-refractivity contribution in [3.05, 3.63) is 54.0 Å². The van der Waals surface area contributed by atoms with Gasteiger partial charge in [0.2, 0.25) is 0 Å². The number of aromatic nitrogens is 3. The average Bonchev–Trinajstić information content (AvgIpc) is 3.12. The number of H-pyrrole nitrogens is 1. The molecule has 2 aromatic carbocycles. The van der Waals surface area contributed by atoms with Crippen LogP contribution in [0.2, 0.25) is 0 Å². The lowest BCUT2D eigenvalue weighted by molar-refractivity contribution is 0.255. The summed E-state index contributed by atoms with van der Waals surface area (Å²) in [7, 11) is 2.17. The van der Waals surface area contributed by atoms with Gasteiger partial charge < -0.3 is 15.6 Å². The highest BCUT2D eigenvalue weighted by Gasteiger charge is 2.20. The maximum atomic E-state index is 14.3. The summed E-state index contributed by atoms with van der Waals surface area (Å²) >= 11 is 0. The van der Waals surface area contributed by atoms with Crippen molar-refractivity contribution in [1.82, 2.24) is 19.9 Å². The number of likely N-dealkylation sites (tertiary alicyclic amines) is 1. The molecule has 3 N–H and O–H groups in total. The van der Waals surface area contributed by atoms with Crippen molar-refractivity contribution in [3.63, 3.8) is 0 Å². The van der Waals surface area contributed by atoms with Gasteiger partial charge in [-0.3, -0.25) is 4.98 Å². The van der Waals surface area contributed by atoms with Gasteiger partial charge in [0.05, 0.1) is 33.2 Å². The Morgan fingerprint density at radius 1 is 1.14 bits per heavy atom. The van der Waals surface area contributed by atoms with Gasteiger partial charge in [-0.15, -0.1) is 0 Å². The fourth-order valence-electron chi connectivity index (χ4n) is 4.16. The highest BCUT2D eigenvalue weighted by molar-refractivity contribution is 5.98. The van der Waals surface area contributed by atoms with Crippen LogP contribution in [0.1, 0.15) is 24.3 Å². The average molecular weight is 375 g/mol. The first-order valence-electron chi connectivity index (χ1n) is 9.61. The van der Waals surface area contributed by atoms with Crippen LogP contribution in [0, 0.1) is 5.82 Å². The van der Waals surface area contributed by atoms with Gasteiger partial charge in [-0.25, -0.2) is 9.37 Å². The van der Waals surface area contributed by atoms with Gasteiger partial charge in [0, 0.05) is 6.20 Å². The molecular formula is C22H22FN5. The van der Waals surface area contributed by atoms with Crippen molar-refractivity contribution >= 4 is 27.6 Å². The Balaban J connectivity index is 1.56. The zero-order valence-electron chi connectivity index (χ0n) is 15.7. The largest absolute Gasteiger partial charge is 0.397 e. The lowest BCUT2D eigenvalue weighted by Gasteiger charge is -2.29. The minimum absolute atomic E-state index is 0.340. The first kappa shape index (κ1) is 17.1. The standard InChI is InChI=1S/C22H22FN5/c1-28-9-7-13(8-10-28)14-5-6-17-19(11-14)27-22(26-17)15-12-25-18-4-2-3-16(23)20(18)21(15)24/h2-6,11-13H,7-10H2,1H3,(H2,24,25)(H,26,27). The summed E-state index contributed by atoms with van der Waals surface area (Å²) in [6.45, 7) is 2.25. The minimum atomic E-state index is -0.370. The number of hydrogen-bond donors (Lipinski definition) is 2. The zero-order valence-corrected chi connectivity index (χ0v) is 15.7. The number of hydrogen-bond acceptors (Lipinski definition) is 4. The summed E-state index contributed by atoms with van der Waals surface area (Å²) in [5.41, 5.74) is 11.0. The summed E-state index contributed by atoms with van der Waals surface area (Å²) in [4.78, 5) is 14.8. The Labute approximate surface area is 162 Å². The van der Waals surface area contributed by atoms with Crippen molar-refractivity contribution in [1.29, 1.82) is 0 Å². The van der Waals surface area contributed by atoms with Crippen LogP contribution in [0.5, 0.6) is 0 Å². The molecule has 1 aliphatic rings. The minimum Gasteiger partial charge on any atom is -0.397 e. The first-order chi connectivity index (χ1) is 13.6. The third-order valence-corrected chi connectivity index (χ3v) is 5.83. The number of benzene rings is 2. The summed E-state index contributed by atoms with van der Waals surface area (Å²) in [5, 5.41) is 0.340. The number of halogens is 1. The molecule has 0 aliphatic carbocycles. The van der Waals surface area contributed by atoms with Crippen molar-refractivity contribution in [3.8, 4) is 11.4 Å². The predicted molar refractivity (Wildman–Crippen MR) is 111 cm³/mol. The molecule has 1 fully saturated rings. The van der Waals surface area contributed by atoms with E-state index in [1.165, 1.54) is 24.5 Å². The third kappa shape index (κ3) is 2.81. The van der Waals surface area contributed by atoms with Crippen LogP contribution in [-0.4, -0.2) is 40.0 Å². The monoisotopic (exact) mass is 375 g/mol. The molecule has 5 rings (SSSR count). The van der Waals surface area contributed by atoms with Gasteiger partial charge in [-0.2, -0.15) is 0 Å². The molecule has 6 heteroatoms. The maximum absolute atomic E-state index is 14.3. The quantitative estimate of drug-likeness (QED) is 0.548. The van der Waals surface area contributed by atoms with Crippen molar-refractivity contribution in [2.45, 2.75) is 18.8 Å². The molecule has 142 valence electrons. The summed E-state index contributed by atoms with van der Waals surface area (Å²) in [6, 6.07) is 11.2. The molecule has 0 spiro atoms. The van der Waals surface area contributed by atoms with Crippen LogP contribution in [-0.2, 0) is 0 Å².